The minimum Gasteiger partial charge on any atom is -0.457 e. The molecular weight excluding hydrogens is 701 g/mol. The minimum absolute atomic E-state index is 0.0802. The second kappa shape index (κ2) is 15.3. The van der Waals surface area contributed by atoms with E-state index in [0.717, 1.165) is 24.0 Å². The third-order valence-electron chi connectivity index (χ3n) is 10.0. The van der Waals surface area contributed by atoms with E-state index < -0.39 is 80.3 Å². The predicted molar refractivity (Wildman–Crippen MR) is 196 cm³/mol. The molecule has 14 heteroatoms. The molecular formula is C39H48N4O9S. The number of nitrogens with one attached hydrogen (secondary N) is 3. The molecule has 2 saturated carbocycles. The number of allylic oxidation sites excluding steroid dienone is 1. The Morgan fingerprint density at radius 1 is 0.925 bits per heavy atom. The molecule has 4 aliphatic rings. The molecule has 1 saturated heterocycles. The highest BCUT2D eigenvalue weighted by atomic mass is 32.2. The molecule has 6 rings (SSSR count). The average molecular weight is 749 g/mol. The van der Waals surface area contributed by atoms with Crippen LogP contribution in [0.15, 0.2) is 66.7 Å². The van der Waals surface area contributed by atoms with Crippen LogP contribution < -0.4 is 15.4 Å². The molecule has 3 N–H and O–H groups in total. The quantitative estimate of drug-likeness (QED) is 0.274. The highest BCUT2D eigenvalue weighted by Crippen LogP contribution is 2.46. The van der Waals surface area contributed by atoms with Crippen LogP contribution in [0.5, 0.6) is 0 Å². The molecule has 2 aliphatic heterocycles. The molecule has 0 unspecified atom stereocenters. The lowest BCUT2D eigenvalue weighted by atomic mass is 10.0. The number of rotatable bonds is 7. The number of nitrogens with zero attached hydrogens (tertiary/aromatic N) is 1. The summed E-state index contributed by atoms with van der Waals surface area (Å²) in [4.78, 5) is 69.7. The Morgan fingerprint density at radius 2 is 1.62 bits per heavy atom. The van der Waals surface area contributed by atoms with E-state index in [-0.39, 0.29) is 31.4 Å². The van der Waals surface area contributed by atoms with Crippen molar-refractivity contribution in [3.63, 3.8) is 0 Å². The number of esters is 1. The first-order valence-electron chi connectivity index (χ1n) is 18.4. The first kappa shape index (κ1) is 38.0. The summed E-state index contributed by atoms with van der Waals surface area (Å²) in [7, 11) is -3.90. The average Bonchev–Trinajstić information content (AvgIpc) is 4.03. The van der Waals surface area contributed by atoms with E-state index in [1.54, 1.807) is 32.9 Å². The van der Waals surface area contributed by atoms with Gasteiger partial charge in [0.25, 0.3) is 5.91 Å². The standard InChI is InChI=1S/C39H48N4O9S/c1-38(2,3)52-37(48)40-31-15-11-6-4-5-10-14-28-23-39(28,36(47)42-53(49,50)30-20-21-30)41-33(44)32-22-29(24-43(32)34(31)45)51-35(46)27-18-16-26(17-19-27)25-12-8-7-9-13-25/h7-10,12-14,16-19,28-32H,4-6,11,15,20-24H2,1-3H3,(H,40,48)(H,41,44)(H,42,47)/b14-10-/t28-,29-,31+,32+,39-/m1/s1. The topological polar surface area (TPSA) is 177 Å². The van der Waals surface area contributed by atoms with Gasteiger partial charge in [-0.3, -0.25) is 19.1 Å². The highest BCUT2D eigenvalue weighted by Gasteiger charge is 2.62. The molecule has 2 heterocycles. The maximum atomic E-state index is 14.3. The van der Waals surface area contributed by atoms with E-state index in [1.807, 2.05) is 54.6 Å². The molecule has 2 aromatic rings. The Labute approximate surface area is 310 Å². The van der Waals surface area contributed by atoms with Crippen LogP contribution in [0.2, 0.25) is 0 Å². The number of hydrogen-bond acceptors (Lipinski definition) is 9. The smallest absolute Gasteiger partial charge is 0.408 e. The maximum Gasteiger partial charge on any atom is 0.408 e. The Balaban J connectivity index is 1.25. The number of fused-ring (bicyclic) bond motifs is 2. The number of carbonyl (C=O) groups excluding carboxylic acids is 5. The van der Waals surface area contributed by atoms with Crippen molar-refractivity contribution in [2.24, 2.45) is 5.92 Å². The molecule has 53 heavy (non-hydrogen) atoms. The first-order valence-corrected chi connectivity index (χ1v) is 19.9. The van der Waals surface area contributed by atoms with E-state index in [1.165, 1.54) is 4.90 Å². The zero-order chi connectivity index (χ0) is 38.0. The van der Waals surface area contributed by atoms with Crippen LogP contribution in [-0.2, 0) is 33.9 Å². The van der Waals surface area contributed by atoms with Gasteiger partial charge in [0.1, 0.15) is 29.3 Å². The summed E-state index contributed by atoms with van der Waals surface area (Å²) in [5.74, 6) is -3.16. The summed E-state index contributed by atoms with van der Waals surface area (Å²) in [5.41, 5.74) is -0.174. The number of hydrogen-bond donors (Lipinski definition) is 3. The van der Waals surface area contributed by atoms with Crippen molar-refractivity contribution in [2.45, 2.75) is 113 Å². The van der Waals surface area contributed by atoms with Crippen LogP contribution in [0.4, 0.5) is 4.79 Å². The van der Waals surface area contributed by atoms with Crippen molar-refractivity contribution in [2.75, 3.05) is 6.54 Å². The summed E-state index contributed by atoms with van der Waals surface area (Å²) < 4.78 is 39.1. The fourth-order valence-corrected chi connectivity index (χ4v) is 8.31. The summed E-state index contributed by atoms with van der Waals surface area (Å²) in [6.45, 7) is 4.98. The first-order chi connectivity index (χ1) is 25.1. The zero-order valence-corrected chi connectivity index (χ0v) is 31.2. The molecule has 2 aromatic carbocycles. The summed E-state index contributed by atoms with van der Waals surface area (Å²) in [6.07, 6.45) is 6.16. The van der Waals surface area contributed by atoms with E-state index in [0.29, 0.717) is 25.7 Å². The SMILES string of the molecule is CC(C)(C)OC(=O)N[C@H]1CCCCC/C=C\[C@@H]2C[C@@]2(C(=O)NS(=O)(=O)C2CC2)NC(=O)[C@@H]2C[C@@H](OC(=O)c3ccc(-c4ccccc4)cc3)CN2C1=O. The van der Waals surface area contributed by atoms with Crippen molar-refractivity contribution in [3.05, 3.63) is 72.3 Å². The molecule has 0 aromatic heterocycles. The second-order valence-electron chi connectivity index (χ2n) is 15.4. The minimum atomic E-state index is -3.90. The Morgan fingerprint density at radius 3 is 2.30 bits per heavy atom. The number of ether oxygens (including phenoxy) is 2. The van der Waals surface area contributed by atoms with Crippen LogP contribution in [-0.4, -0.2) is 84.2 Å². The molecule has 284 valence electrons. The molecule has 0 spiro atoms. The molecule has 3 fully saturated rings. The van der Waals surface area contributed by atoms with Crippen LogP contribution in [0, 0.1) is 5.92 Å². The van der Waals surface area contributed by atoms with E-state index in [9.17, 15) is 32.4 Å². The fraction of sp³-hybridized carbons (Fsp3) is 0.513. The van der Waals surface area contributed by atoms with Gasteiger partial charge in [-0.05, 0) is 82.6 Å². The third-order valence-corrected chi connectivity index (χ3v) is 11.9. The van der Waals surface area contributed by atoms with Gasteiger partial charge < -0.3 is 25.0 Å². The molecule has 4 amide bonds. The number of amides is 4. The fourth-order valence-electron chi connectivity index (χ4n) is 6.95. The molecule has 0 bridgehead atoms. The third kappa shape index (κ3) is 9.27. The van der Waals surface area contributed by atoms with Gasteiger partial charge in [-0.1, -0.05) is 67.5 Å². The predicted octanol–water partition coefficient (Wildman–Crippen LogP) is 4.38. The van der Waals surface area contributed by atoms with Gasteiger partial charge in [0.2, 0.25) is 21.8 Å². The monoisotopic (exact) mass is 748 g/mol. The number of alkyl carbamates (subject to hydrolysis) is 1. The van der Waals surface area contributed by atoms with Crippen LogP contribution in [0.1, 0.15) is 88.9 Å². The van der Waals surface area contributed by atoms with Crippen molar-refractivity contribution < 1.29 is 41.9 Å². The Hall–Kier alpha value is -4.72. The summed E-state index contributed by atoms with van der Waals surface area (Å²) in [5, 5.41) is 4.86. The molecule has 5 atom stereocenters. The van der Waals surface area contributed by atoms with Crippen LogP contribution in [0.3, 0.4) is 0 Å². The van der Waals surface area contributed by atoms with Gasteiger partial charge in [-0.15, -0.1) is 0 Å². The van der Waals surface area contributed by atoms with Crippen molar-refractivity contribution in [3.8, 4) is 11.1 Å². The van der Waals surface area contributed by atoms with Crippen LogP contribution in [0.25, 0.3) is 11.1 Å². The van der Waals surface area contributed by atoms with Crippen molar-refractivity contribution in [1.29, 1.82) is 0 Å². The summed E-state index contributed by atoms with van der Waals surface area (Å²) in [6, 6.07) is 14.4. The number of carbonyl (C=O) groups is 5. The van der Waals surface area contributed by atoms with Gasteiger partial charge >= 0.3 is 12.1 Å². The second-order valence-corrected chi connectivity index (χ2v) is 17.4. The largest absolute Gasteiger partial charge is 0.457 e. The Bertz CT molecular complexity index is 1850. The highest BCUT2D eigenvalue weighted by molar-refractivity contribution is 7.91. The van der Waals surface area contributed by atoms with Crippen LogP contribution >= 0.6 is 0 Å². The van der Waals surface area contributed by atoms with Gasteiger partial charge in [-0.25, -0.2) is 18.0 Å². The molecule has 2 aliphatic carbocycles. The lowest BCUT2D eigenvalue weighted by molar-refractivity contribution is -0.141. The lowest BCUT2D eigenvalue weighted by Gasteiger charge is -2.30. The maximum absolute atomic E-state index is 14.3. The van der Waals surface area contributed by atoms with Gasteiger partial charge in [0.05, 0.1) is 17.4 Å². The van der Waals surface area contributed by atoms with Gasteiger partial charge in [-0.2, -0.15) is 0 Å². The molecule has 13 nitrogen and oxygen atoms in total. The van der Waals surface area contributed by atoms with Crippen molar-refractivity contribution >= 4 is 39.8 Å². The van der Waals surface area contributed by atoms with Gasteiger partial charge in [0, 0.05) is 12.3 Å². The van der Waals surface area contributed by atoms with E-state index in [2.05, 4.69) is 15.4 Å². The number of benzene rings is 2. The van der Waals surface area contributed by atoms with Gasteiger partial charge in [0.15, 0.2) is 0 Å². The summed E-state index contributed by atoms with van der Waals surface area (Å²) >= 11 is 0. The van der Waals surface area contributed by atoms with E-state index in [4.69, 9.17) is 9.47 Å². The van der Waals surface area contributed by atoms with E-state index >= 15 is 0 Å². The normalized spacial score (nSPS) is 27.1. The molecule has 0 radical (unpaired) electrons. The lowest BCUT2D eigenvalue weighted by Crippen LogP contribution is -2.58. The Kier molecular flexibility index (Phi) is 11.0. The van der Waals surface area contributed by atoms with Crippen molar-refractivity contribution in [1.82, 2.24) is 20.3 Å². The number of sulfonamides is 1. The zero-order valence-electron chi connectivity index (χ0n) is 30.3.